The third-order valence-corrected chi connectivity index (χ3v) is 3.26. The van der Waals surface area contributed by atoms with Crippen molar-refractivity contribution in [3.8, 4) is 11.9 Å². The summed E-state index contributed by atoms with van der Waals surface area (Å²) in [7, 11) is 1.61. The van der Waals surface area contributed by atoms with E-state index in [4.69, 9.17) is 10.00 Å². The third-order valence-electron chi connectivity index (χ3n) is 3.26. The van der Waals surface area contributed by atoms with E-state index in [9.17, 15) is 0 Å². The van der Waals surface area contributed by atoms with E-state index in [0.717, 1.165) is 16.6 Å². The summed E-state index contributed by atoms with van der Waals surface area (Å²) in [6.07, 6.45) is 1.98. The zero-order valence-electron chi connectivity index (χ0n) is 11.1. The second-order valence-electron chi connectivity index (χ2n) is 4.47. The van der Waals surface area contributed by atoms with Crippen molar-refractivity contribution in [2.45, 2.75) is 6.54 Å². The highest BCUT2D eigenvalue weighted by molar-refractivity contribution is 5.86. The van der Waals surface area contributed by atoms with Crippen molar-refractivity contribution in [3.05, 3.63) is 59.9 Å². The Morgan fingerprint density at radius 1 is 1.20 bits per heavy atom. The molecule has 4 heteroatoms. The van der Waals surface area contributed by atoms with Gasteiger partial charge in [-0.25, -0.2) is 4.98 Å². The minimum Gasteiger partial charge on any atom is -0.481 e. The monoisotopic (exact) mass is 263 g/mol. The normalized spacial score (nSPS) is 10.4. The molecule has 0 amide bonds. The molecule has 0 unspecified atom stereocenters. The van der Waals surface area contributed by atoms with Gasteiger partial charge in [-0.05, 0) is 24.3 Å². The van der Waals surface area contributed by atoms with E-state index >= 15 is 0 Å². The van der Waals surface area contributed by atoms with Gasteiger partial charge < -0.3 is 9.30 Å². The Bertz CT molecular complexity index is 799. The molecule has 0 fully saturated rings. The number of nitriles is 1. The van der Waals surface area contributed by atoms with Crippen LogP contribution in [0, 0.1) is 11.3 Å². The first-order chi connectivity index (χ1) is 9.81. The molecule has 0 atom stereocenters. The zero-order valence-corrected chi connectivity index (χ0v) is 11.1. The predicted molar refractivity (Wildman–Crippen MR) is 76.5 cm³/mol. The molecule has 0 saturated carbocycles. The quantitative estimate of drug-likeness (QED) is 0.730. The second kappa shape index (κ2) is 5.06. The van der Waals surface area contributed by atoms with Gasteiger partial charge in [0.2, 0.25) is 5.88 Å². The predicted octanol–water partition coefficient (Wildman–Crippen LogP) is 2.96. The van der Waals surface area contributed by atoms with E-state index in [0.29, 0.717) is 18.0 Å². The lowest BCUT2D eigenvalue weighted by molar-refractivity contribution is 0.396. The maximum absolute atomic E-state index is 9.11. The lowest BCUT2D eigenvalue weighted by atomic mass is 10.1. The Morgan fingerprint density at radius 3 is 2.85 bits per heavy atom. The maximum Gasteiger partial charge on any atom is 0.213 e. The van der Waals surface area contributed by atoms with Gasteiger partial charge in [-0.3, -0.25) is 0 Å². The van der Waals surface area contributed by atoms with E-state index in [1.165, 1.54) is 0 Å². The average molecular weight is 263 g/mol. The Hall–Kier alpha value is -2.80. The van der Waals surface area contributed by atoms with Gasteiger partial charge >= 0.3 is 0 Å². The Balaban J connectivity index is 2.01. The van der Waals surface area contributed by atoms with Gasteiger partial charge in [0.05, 0.1) is 31.0 Å². The molecule has 3 aromatic rings. The van der Waals surface area contributed by atoms with E-state index in [1.54, 1.807) is 7.11 Å². The molecule has 98 valence electrons. The molecule has 2 heterocycles. The fraction of sp³-hybridized carbons (Fsp3) is 0.125. The fourth-order valence-corrected chi connectivity index (χ4v) is 2.29. The first-order valence-corrected chi connectivity index (χ1v) is 6.29. The van der Waals surface area contributed by atoms with E-state index < -0.39 is 0 Å². The molecule has 0 bridgehead atoms. The van der Waals surface area contributed by atoms with Gasteiger partial charge in [0, 0.05) is 23.2 Å². The summed E-state index contributed by atoms with van der Waals surface area (Å²) >= 11 is 0. The van der Waals surface area contributed by atoms with Crippen LogP contribution in [-0.4, -0.2) is 16.7 Å². The Labute approximate surface area is 116 Å². The lowest BCUT2D eigenvalue weighted by Gasteiger charge is -2.06. The molecule has 1 aromatic carbocycles. The SMILES string of the molecule is COc1cccc(Cn2ccc3c(C#N)cccc32)n1. The van der Waals surface area contributed by atoms with Crippen LogP contribution in [0.1, 0.15) is 11.3 Å². The molecule has 0 aliphatic carbocycles. The van der Waals surface area contributed by atoms with Gasteiger partial charge in [0.1, 0.15) is 0 Å². The zero-order chi connectivity index (χ0) is 13.9. The third kappa shape index (κ3) is 2.10. The van der Waals surface area contributed by atoms with Crippen molar-refractivity contribution in [2.24, 2.45) is 0 Å². The average Bonchev–Trinajstić information content (AvgIpc) is 2.90. The van der Waals surface area contributed by atoms with Crippen LogP contribution >= 0.6 is 0 Å². The van der Waals surface area contributed by atoms with Crippen LogP contribution in [0.4, 0.5) is 0 Å². The minimum atomic E-state index is 0.608. The standard InChI is InChI=1S/C16H13N3O/c1-20-16-7-3-5-13(18-16)11-19-9-8-14-12(10-17)4-2-6-15(14)19/h2-9H,11H2,1H3. The number of ether oxygens (including phenoxy) is 1. The van der Waals surface area contributed by atoms with Crippen molar-refractivity contribution >= 4 is 10.9 Å². The number of fused-ring (bicyclic) bond motifs is 1. The van der Waals surface area contributed by atoms with Crippen LogP contribution in [0.2, 0.25) is 0 Å². The number of aromatic nitrogens is 2. The molecule has 0 aliphatic heterocycles. The van der Waals surface area contributed by atoms with Crippen LogP contribution < -0.4 is 4.74 Å². The highest BCUT2D eigenvalue weighted by atomic mass is 16.5. The summed E-state index contributed by atoms with van der Waals surface area (Å²) in [5, 5.41) is 10.1. The van der Waals surface area contributed by atoms with Crippen molar-refractivity contribution in [3.63, 3.8) is 0 Å². The first-order valence-electron chi connectivity index (χ1n) is 6.29. The van der Waals surface area contributed by atoms with Crippen molar-refractivity contribution in [2.75, 3.05) is 7.11 Å². The summed E-state index contributed by atoms with van der Waals surface area (Å²) < 4.78 is 7.22. The largest absolute Gasteiger partial charge is 0.481 e. The molecule has 0 radical (unpaired) electrons. The van der Waals surface area contributed by atoms with Gasteiger partial charge in [-0.2, -0.15) is 5.26 Å². The van der Waals surface area contributed by atoms with Crippen molar-refractivity contribution < 1.29 is 4.74 Å². The summed E-state index contributed by atoms with van der Waals surface area (Å²) in [5.74, 6) is 0.608. The second-order valence-corrected chi connectivity index (χ2v) is 4.47. The number of rotatable bonds is 3. The first kappa shape index (κ1) is 12.2. The highest BCUT2D eigenvalue weighted by Gasteiger charge is 2.06. The van der Waals surface area contributed by atoms with Crippen molar-refractivity contribution in [1.29, 1.82) is 5.26 Å². The molecule has 2 aromatic heterocycles. The molecule has 20 heavy (non-hydrogen) atoms. The van der Waals surface area contributed by atoms with Crippen LogP contribution in [0.5, 0.6) is 5.88 Å². The summed E-state index contributed by atoms with van der Waals surface area (Å²) in [5.41, 5.74) is 2.65. The molecule has 4 nitrogen and oxygen atoms in total. The van der Waals surface area contributed by atoms with E-state index in [-0.39, 0.29) is 0 Å². The highest BCUT2D eigenvalue weighted by Crippen LogP contribution is 2.20. The van der Waals surface area contributed by atoms with Gasteiger partial charge in [0.15, 0.2) is 0 Å². The van der Waals surface area contributed by atoms with Gasteiger partial charge in [-0.15, -0.1) is 0 Å². The number of nitrogens with zero attached hydrogens (tertiary/aromatic N) is 3. The molecular formula is C16H13N3O. The number of hydrogen-bond acceptors (Lipinski definition) is 3. The molecule has 0 spiro atoms. The molecular weight excluding hydrogens is 250 g/mol. The maximum atomic E-state index is 9.11. The topological polar surface area (TPSA) is 50.8 Å². The van der Waals surface area contributed by atoms with Crippen LogP contribution in [0.15, 0.2) is 48.7 Å². The molecule has 0 N–H and O–H groups in total. The number of benzene rings is 1. The molecule has 3 rings (SSSR count). The van der Waals surface area contributed by atoms with Crippen LogP contribution in [0.25, 0.3) is 10.9 Å². The van der Waals surface area contributed by atoms with E-state index in [2.05, 4.69) is 15.6 Å². The smallest absolute Gasteiger partial charge is 0.213 e. The van der Waals surface area contributed by atoms with E-state index in [1.807, 2.05) is 48.7 Å². The van der Waals surface area contributed by atoms with Crippen LogP contribution in [0.3, 0.4) is 0 Å². The fourth-order valence-electron chi connectivity index (χ4n) is 2.29. The Kier molecular flexibility index (Phi) is 3.10. The summed E-state index contributed by atoms with van der Waals surface area (Å²) in [6.45, 7) is 0.648. The summed E-state index contributed by atoms with van der Waals surface area (Å²) in [4.78, 5) is 4.41. The lowest BCUT2D eigenvalue weighted by Crippen LogP contribution is -2.01. The van der Waals surface area contributed by atoms with Gasteiger partial charge in [0.25, 0.3) is 0 Å². The number of hydrogen-bond donors (Lipinski definition) is 0. The van der Waals surface area contributed by atoms with Crippen molar-refractivity contribution in [1.82, 2.24) is 9.55 Å². The minimum absolute atomic E-state index is 0.608. The summed E-state index contributed by atoms with van der Waals surface area (Å²) in [6, 6.07) is 15.6. The van der Waals surface area contributed by atoms with Crippen LogP contribution in [-0.2, 0) is 6.54 Å². The molecule has 0 saturated heterocycles. The number of methoxy groups -OCH3 is 1. The van der Waals surface area contributed by atoms with Gasteiger partial charge in [-0.1, -0.05) is 12.1 Å². The molecule has 0 aliphatic rings. The number of pyridine rings is 1. The Morgan fingerprint density at radius 2 is 2.05 bits per heavy atom.